The van der Waals surface area contributed by atoms with Gasteiger partial charge in [-0.1, -0.05) is 0 Å². The lowest BCUT2D eigenvalue weighted by atomic mass is 9.90. The van der Waals surface area contributed by atoms with Crippen LogP contribution in [-0.2, 0) is 37.9 Å². The highest BCUT2D eigenvalue weighted by Gasteiger charge is 2.36. The Balaban J connectivity index is -0.00000105. The molecule has 0 saturated heterocycles. The second kappa shape index (κ2) is 45.8. The average molecular weight is 1090 g/mol. The topological polar surface area (TPSA) is 519 Å². The van der Waals surface area contributed by atoms with Gasteiger partial charge in [0.15, 0.2) is 0 Å². The van der Waals surface area contributed by atoms with E-state index in [0.29, 0.717) is 0 Å². The molecule has 22 N–H and O–H groups in total. The van der Waals surface area contributed by atoms with E-state index in [2.05, 4.69) is 0 Å². The molecule has 0 bridgehead atoms. The maximum absolute atomic E-state index is 9.56. The minimum absolute atomic E-state index is 0.140. The lowest BCUT2D eigenvalue weighted by Crippen LogP contribution is -2.45. The van der Waals surface area contributed by atoms with Gasteiger partial charge in [0.25, 0.3) is 0 Å². The number of hydrogen-bond donors (Lipinski definition) is 22. The van der Waals surface area contributed by atoms with Crippen molar-refractivity contribution in [3.8, 4) is 0 Å². The summed E-state index contributed by atoms with van der Waals surface area (Å²) in [7, 11) is 0. The Bertz CT molecular complexity index is 1020. The van der Waals surface area contributed by atoms with Crippen LogP contribution in [0.25, 0.3) is 0 Å². The molecule has 0 aliphatic carbocycles. The molecular weight excluding hydrogens is 996 g/mol. The highest BCUT2D eigenvalue weighted by atomic mass is 16.6. The second-order valence-corrected chi connectivity index (χ2v) is 17.9. The van der Waals surface area contributed by atoms with Gasteiger partial charge in [0.1, 0.15) is 36.6 Å². The standard InChI is InChI=1S/C18H38O13.C15H32O10.C10H22O7/c19-1-13(2-20)27-9-17(10-28-14(3-21)4-22)31-18(11-29-15(5-23)6-24)12-30-16(7-25)8-26;16-1-13(2-17,3-18)9-24-11-15(7-22,8-23)12-25-10-14(4-19,5-20)6-21;11-1-9(2-12,3-13)7-17-8-10(4-14,5-15)6-16/h13-26H,1-12H2;16-23H,1-12H2;11-16H,1-8H2. The van der Waals surface area contributed by atoms with Gasteiger partial charge in [-0.2, -0.15) is 0 Å². The minimum Gasteiger partial charge on any atom is -0.396 e. The van der Waals surface area contributed by atoms with Crippen LogP contribution in [0.5, 0.6) is 0 Å². The molecule has 0 aromatic carbocycles. The highest BCUT2D eigenvalue weighted by molar-refractivity contribution is 4.83. The van der Waals surface area contributed by atoms with Crippen molar-refractivity contribution in [2.45, 2.75) is 36.6 Å². The molecule has 0 aromatic heterocycles. The summed E-state index contributed by atoms with van der Waals surface area (Å²) < 4.78 is 43.2. The summed E-state index contributed by atoms with van der Waals surface area (Å²) in [4.78, 5) is 0. The Labute approximate surface area is 424 Å². The number of ether oxygens (including phenoxy) is 8. The van der Waals surface area contributed by atoms with Crippen molar-refractivity contribution >= 4 is 0 Å². The summed E-state index contributed by atoms with van der Waals surface area (Å²) in [6.07, 6.45) is -5.06. The Hall–Kier alpha value is -1.20. The van der Waals surface area contributed by atoms with Crippen LogP contribution >= 0.6 is 0 Å². The third-order valence-corrected chi connectivity index (χ3v) is 11.2. The Morgan fingerprint density at radius 2 is 0.356 bits per heavy atom. The summed E-state index contributed by atoms with van der Waals surface area (Å²) in [5.41, 5.74) is -6.01. The number of hydrogen-bond acceptors (Lipinski definition) is 30. The molecular formula is C43H92O30. The molecule has 0 fully saturated rings. The molecule has 0 unspecified atom stereocenters. The van der Waals surface area contributed by atoms with Crippen molar-refractivity contribution in [2.24, 2.45) is 27.1 Å². The maximum atomic E-state index is 9.56. The lowest BCUT2D eigenvalue weighted by molar-refractivity contribution is -0.169. The van der Waals surface area contributed by atoms with Crippen LogP contribution in [0.15, 0.2) is 0 Å². The van der Waals surface area contributed by atoms with Crippen LogP contribution in [0.3, 0.4) is 0 Å². The first kappa shape index (κ1) is 76.0. The van der Waals surface area contributed by atoms with Crippen LogP contribution in [0.2, 0.25) is 0 Å². The van der Waals surface area contributed by atoms with Gasteiger partial charge in [0.2, 0.25) is 0 Å². The molecule has 444 valence electrons. The fourth-order valence-corrected chi connectivity index (χ4v) is 5.03. The highest BCUT2D eigenvalue weighted by Crippen LogP contribution is 2.24. The largest absolute Gasteiger partial charge is 0.396 e. The Morgan fingerprint density at radius 1 is 0.205 bits per heavy atom. The molecule has 30 heteroatoms. The first-order valence-corrected chi connectivity index (χ1v) is 23.2. The number of rotatable bonds is 48. The third kappa shape index (κ3) is 30.5. The summed E-state index contributed by atoms with van der Waals surface area (Å²) in [5, 5.41) is 202. The molecule has 73 heavy (non-hydrogen) atoms. The molecule has 0 aliphatic rings. The van der Waals surface area contributed by atoms with E-state index in [1.165, 1.54) is 0 Å². The van der Waals surface area contributed by atoms with E-state index in [-0.39, 0.29) is 66.1 Å². The fraction of sp³-hybridized carbons (Fsp3) is 1.00. The average Bonchev–Trinajstić information content (AvgIpc) is 3.44. The van der Waals surface area contributed by atoms with E-state index >= 15 is 0 Å². The fourth-order valence-electron chi connectivity index (χ4n) is 5.03. The summed E-state index contributed by atoms with van der Waals surface area (Å²) >= 11 is 0. The molecule has 0 spiro atoms. The zero-order valence-corrected chi connectivity index (χ0v) is 41.7. The molecule has 0 aliphatic heterocycles. The van der Waals surface area contributed by atoms with Gasteiger partial charge < -0.3 is 150 Å². The zero-order chi connectivity index (χ0) is 56.2. The van der Waals surface area contributed by atoms with E-state index in [1.807, 2.05) is 0 Å². The van der Waals surface area contributed by atoms with E-state index < -0.39 is 209 Å². The van der Waals surface area contributed by atoms with Crippen molar-refractivity contribution in [3.63, 3.8) is 0 Å². The predicted octanol–water partition coefficient (Wildman–Crippen LogP) is -11.9. The van der Waals surface area contributed by atoms with Gasteiger partial charge in [-0.25, -0.2) is 0 Å². The van der Waals surface area contributed by atoms with Crippen LogP contribution in [0, 0.1) is 27.1 Å². The normalized spacial score (nSPS) is 13.0. The van der Waals surface area contributed by atoms with E-state index in [9.17, 15) is 40.9 Å². The van der Waals surface area contributed by atoms with Gasteiger partial charge >= 0.3 is 0 Å². The molecule has 0 heterocycles. The van der Waals surface area contributed by atoms with Crippen LogP contribution < -0.4 is 0 Å². The van der Waals surface area contributed by atoms with Crippen LogP contribution in [0.1, 0.15) is 0 Å². The quantitative estimate of drug-likeness (QED) is 0.0269. The third-order valence-electron chi connectivity index (χ3n) is 11.2. The van der Waals surface area contributed by atoms with Crippen molar-refractivity contribution in [2.75, 3.05) is 211 Å². The van der Waals surface area contributed by atoms with Gasteiger partial charge in [0, 0.05) is 0 Å². The molecule has 0 rings (SSSR count). The monoisotopic (exact) mass is 1090 g/mol. The van der Waals surface area contributed by atoms with Gasteiger partial charge in [-0.15, -0.1) is 0 Å². The summed E-state index contributed by atoms with van der Waals surface area (Å²) in [5.74, 6) is 0. The molecule has 0 radical (unpaired) electrons. The van der Waals surface area contributed by atoms with Gasteiger partial charge in [-0.05, 0) is 0 Å². The van der Waals surface area contributed by atoms with Crippen molar-refractivity contribution < 1.29 is 150 Å². The molecule has 30 nitrogen and oxygen atoms in total. The van der Waals surface area contributed by atoms with Gasteiger partial charge in [-0.3, -0.25) is 0 Å². The molecule has 0 saturated carbocycles. The van der Waals surface area contributed by atoms with Crippen molar-refractivity contribution in [1.82, 2.24) is 0 Å². The second-order valence-electron chi connectivity index (χ2n) is 17.9. The zero-order valence-electron chi connectivity index (χ0n) is 41.7. The van der Waals surface area contributed by atoms with Crippen LogP contribution in [0.4, 0.5) is 0 Å². The smallest absolute Gasteiger partial charge is 0.105 e. The maximum Gasteiger partial charge on any atom is 0.105 e. The number of aliphatic hydroxyl groups is 22. The Kier molecular flexibility index (Phi) is 47.7. The molecule has 0 atom stereocenters. The van der Waals surface area contributed by atoms with Crippen molar-refractivity contribution in [3.05, 3.63) is 0 Å². The molecule has 0 amide bonds. The molecule has 0 aromatic rings. The first-order chi connectivity index (χ1) is 35.0. The SMILES string of the molecule is OCC(CO)(CO)COCC(CO)(CO)CO.OCC(CO)(CO)COCC(CO)(CO)COCC(CO)(CO)CO.OCC(CO)OCC(COC(CO)CO)OC(COC(CO)CO)COC(CO)CO. The minimum atomic E-state index is -1.24. The Morgan fingerprint density at radius 3 is 0.493 bits per heavy atom. The first-order valence-electron chi connectivity index (χ1n) is 23.2. The lowest BCUT2D eigenvalue weighted by Gasteiger charge is -2.34. The van der Waals surface area contributed by atoms with E-state index in [4.69, 9.17) is 109 Å². The van der Waals surface area contributed by atoms with Crippen LogP contribution in [-0.4, -0.2) is 360 Å². The predicted molar refractivity (Wildman–Crippen MR) is 248 cm³/mol. The number of aliphatic hydroxyl groups excluding tert-OH is 22. The van der Waals surface area contributed by atoms with E-state index in [0.717, 1.165) is 0 Å². The van der Waals surface area contributed by atoms with E-state index in [1.54, 1.807) is 0 Å². The van der Waals surface area contributed by atoms with Crippen molar-refractivity contribution in [1.29, 1.82) is 0 Å². The summed E-state index contributed by atoms with van der Waals surface area (Å²) in [6, 6.07) is 0. The van der Waals surface area contributed by atoms with Gasteiger partial charge in [0.05, 0.1) is 238 Å². The summed E-state index contributed by atoms with van der Waals surface area (Å²) in [6.45, 7) is -11.8.